The zero-order chi connectivity index (χ0) is 12.3. The third kappa shape index (κ3) is 5.53. The zero-order valence-electron chi connectivity index (χ0n) is 10.9. The Morgan fingerprint density at radius 2 is 1.94 bits per heavy atom. The van der Waals surface area contributed by atoms with Crippen molar-refractivity contribution >= 4 is 6.21 Å². The first-order chi connectivity index (χ1) is 8.38. The minimum absolute atomic E-state index is 0.696. The lowest BCUT2D eigenvalue weighted by molar-refractivity contribution is 0.141. The van der Waals surface area contributed by atoms with E-state index in [-0.39, 0.29) is 0 Å². The summed E-state index contributed by atoms with van der Waals surface area (Å²) < 4.78 is 0. The largest absolute Gasteiger partial charge is 0.395 e. The van der Waals surface area contributed by atoms with Crippen LogP contribution in [-0.2, 0) is 11.3 Å². The number of aryl methyl sites for hydroxylation is 1. The second kappa shape index (κ2) is 8.80. The Kier molecular flexibility index (Phi) is 7.12. The van der Waals surface area contributed by atoms with Gasteiger partial charge in [-0.25, -0.2) is 0 Å². The van der Waals surface area contributed by atoms with Gasteiger partial charge in [0.05, 0.1) is 0 Å². The fourth-order valence-electron chi connectivity index (χ4n) is 1.66. The Morgan fingerprint density at radius 3 is 2.71 bits per heavy atom. The van der Waals surface area contributed by atoms with Crippen molar-refractivity contribution in [1.29, 1.82) is 0 Å². The molecule has 0 bridgehead atoms. The summed E-state index contributed by atoms with van der Waals surface area (Å²) in [6, 6.07) is 8.15. The summed E-state index contributed by atoms with van der Waals surface area (Å²) >= 11 is 0. The van der Waals surface area contributed by atoms with E-state index in [4.69, 9.17) is 4.84 Å². The van der Waals surface area contributed by atoms with Gasteiger partial charge in [-0.05, 0) is 24.8 Å². The Morgan fingerprint density at radius 1 is 1.12 bits per heavy atom. The molecular formula is C15H22NO. The number of benzene rings is 1. The third-order valence-corrected chi connectivity index (χ3v) is 2.72. The minimum Gasteiger partial charge on any atom is -0.395 e. The zero-order valence-corrected chi connectivity index (χ0v) is 10.9. The molecule has 1 aromatic carbocycles. The summed E-state index contributed by atoms with van der Waals surface area (Å²) in [6.45, 7) is 5.03. The van der Waals surface area contributed by atoms with Gasteiger partial charge in [0.15, 0.2) is 0 Å². The van der Waals surface area contributed by atoms with E-state index in [0.717, 1.165) is 18.4 Å². The molecule has 0 fully saturated rings. The lowest BCUT2D eigenvalue weighted by Gasteiger charge is -2.01. The maximum Gasteiger partial charge on any atom is 0.139 e. The van der Waals surface area contributed by atoms with Crippen LogP contribution in [0.4, 0.5) is 0 Å². The molecule has 0 saturated heterocycles. The van der Waals surface area contributed by atoms with Crippen molar-refractivity contribution in [1.82, 2.24) is 0 Å². The van der Waals surface area contributed by atoms with Crippen LogP contribution in [0.3, 0.4) is 0 Å². The Labute approximate surface area is 105 Å². The van der Waals surface area contributed by atoms with Gasteiger partial charge >= 0.3 is 0 Å². The molecule has 0 unspecified atom stereocenters. The van der Waals surface area contributed by atoms with Gasteiger partial charge in [-0.1, -0.05) is 56.1 Å². The predicted octanol–water partition coefficient (Wildman–Crippen LogP) is 4.06. The molecule has 0 spiro atoms. The fourth-order valence-corrected chi connectivity index (χ4v) is 1.66. The van der Waals surface area contributed by atoms with Gasteiger partial charge in [0, 0.05) is 5.56 Å². The summed E-state index contributed by atoms with van der Waals surface area (Å²) in [5.41, 5.74) is 2.29. The number of hydrogen-bond donors (Lipinski definition) is 0. The second-order valence-corrected chi connectivity index (χ2v) is 4.11. The molecule has 17 heavy (non-hydrogen) atoms. The van der Waals surface area contributed by atoms with Crippen LogP contribution in [0.1, 0.15) is 50.7 Å². The summed E-state index contributed by atoms with van der Waals surface area (Å²) in [7, 11) is 0. The van der Waals surface area contributed by atoms with Crippen LogP contribution in [0.25, 0.3) is 0 Å². The highest BCUT2D eigenvalue weighted by molar-refractivity contribution is 5.81. The van der Waals surface area contributed by atoms with E-state index in [1.165, 1.54) is 24.8 Å². The lowest BCUT2D eigenvalue weighted by atomic mass is 10.1. The summed E-state index contributed by atoms with van der Waals surface area (Å²) in [6.07, 6.45) is 8.77. The predicted molar refractivity (Wildman–Crippen MR) is 72.5 cm³/mol. The van der Waals surface area contributed by atoms with Crippen molar-refractivity contribution in [3.8, 4) is 0 Å². The smallest absolute Gasteiger partial charge is 0.139 e. The van der Waals surface area contributed by atoms with Crippen molar-refractivity contribution in [3.63, 3.8) is 0 Å². The van der Waals surface area contributed by atoms with Crippen LogP contribution in [-0.4, -0.2) is 12.8 Å². The highest BCUT2D eigenvalue weighted by atomic mass is 16.6. The molecule has 0 amide bonds. The van der Waals surface area contributed by atoms with Crippen LogP contribution >= 0.6 is 0 Å². The molecule has 0 aliphatic rings. The average Bonchev–Trinajstić information content (AvgIpc) is 2.38. The van der Waals surface area contributed by atoms with Crippen molar-refractivity contribution in [2.75, 3.05) is 6.61 Å². The van der Waals surface area contributed by atoms with Crippen LogP contribution in [0.2, 0.25) is 0 Å². The van der Waals surface area contributed by atoms with Crippen molar-refractivity contribution in [2.24, 2.45) is 5.16 Å². The summed E-state index contributed by atoms with van der Waals surface area (Å²) in [4.78, 5) is 5.20. The quantitative estimate of drug-likeness (QED) is 0.376. The van der Waals surface area contributed by atoms with Gasteiger partial charge < -0.3 is 4.84 Å². The van der Waals surface area contributed by atoms with E-state index in [1.807, 2.05) is 18.2 Å². The van der Waals surface area contributed by atoms with Gasteiger partial charge in [-0.2, -0.15) is 0 Å². The SMILES string of the molecule is CCCCCCO/N=[C]/c1ccccc1CC. The molecule has 0 aromatic heterocycles. The minimum atomic E-state index is 0.696. The van der Waals surface area contributed by atoms with E-state index in [1.54, 1.807) is 0 Å². The van der Waals surface area contributed by atoms with Crippen molar-refractivity contribution in [2.45, 2.75) is 46.0 Å². The summed E-state index contributed by atoms with van der Waals surface area (Å²) in [5, 5.41) is 3.90. The Hall–Kier alpha value is -1.31. The highest BCUT2D eigenvalue weighted by Crippen LogP contribution is 2.06. The molecule has 2 heteroatoms. The van der Waals surface area contributed by atoms with E-state index in [2.05, 4.69) is 31.3 Å². The van der Waals surface area contributed by atoms with Gasteiger partial charge in [0.1, 0.15) is 12.8 Å². The average molecular weight is 232 g/mol. The van der Waals surface area contributed by atoms with E-state index >= 15 is 0 Å². The van der Waals surface area contributed by atoms with Gasteiger partial charge in [0.2, 0.25) is 0 Å². The van der Waals surface area contributed by atoms with Gasteiger partial charge in [-0.3, -0.25) is 0 Å². The molecule has 0 aliphatic heterocycles. The van der Waals surface area contributed by atoms with Gasteiger partial charge in [-0.15, -0.1) is 0 Å². The Bertz CT molecular complexity index is 333. The third-order valence-electron chi connectivity index (χ3n) is 2.72. The highest BCUT2D eigenvalue weighted by Gasteiger charge is 1.96. The molecule has 0 saturated carbocycles. The molecular weight excluding hydrogens is 210 g/mol. The van der Waals surface area contributed by atoms with Crippen molar-refractivity contribution < 1.29 is 4.84 Å². The molecule has 0 aliphatic carbocycles. The van der Waals surface area contributed by atoms with Crippen LogP contribution in [0, 0.1) is 0 Å². The maximum absolute atomic E-state index is 5.20. The standard InChI is InChI=1S/C15H22NO/c1-3-5-6-9-12-17-16-13-15-11-8-7-10-14(15)4-2/h7-8,10-11H,3-6,9,12H2,1-2H3. The molecule has 1 rings (SSSR count). The number of unbranched alkanes of at least 4 members (excludes halogenated alkanes) is 3. The molecule has 0 heterocycles. The number of rotatable bonds is 8. The topological polar surface area (TPSA) is 21.6 Å². The molecule has 2 nitrogen and oxygen atoms in total. The Balaban J connectivity index is 2.28. The van der Waals surface area contributed by atoms with Crippen molar-refractivity contribution in [3.05, 3.63) is 35.4 Å². The summed E-state index contributed by atoms with van der Waals surface area (Å²) in [5.74, 6) is 0. The first-order valence-corrected chi connectivity index (χ1v) is 6.54. The molecule has 93 valence electrons. The molecule has 1 aromatic rings. The van der Waals surface area contributed by atoms with Gasteiger partial charge in [0.25, 0.3) is 0 Å². The molecule has 0 N–H and O–H groups in total. The lowest BCUT2D eigenvalue weighted by Crippen LogP contribution is -1.93. The maximum atomic E-state index is 5.20. The van der Waals surface area contributed by atoms with E-state index in [0.29, 0.717) is 6.61 Å². The van der Waals surface area contributed by atoms with Crippen LogP contribution in [0.5, 0.6) is 0 Å². The van der Waals surface area contributed by atoms with Crippen LogP contribution < -0.4 is 0 Å². The van der Waals surface area contributed by atoms with Crippen LogP contribution in [0.15, 0.2) is 29.4 Å². The van der Waals surface area contributed by atoms with E-state index < -0.39 is 0 Å². The fraction of sp³-hybridized carbons (Fsp3) is 0.533. The normalized spacial score (nSPS) is 10.9. The second-order valence-electron chi connectivity index (χ2n) is 4.11. The monoisotopic (exact) mass is 232 g/mol. The van der Waals surface area contributed by atoms with E-state index in [9.17, 15) is 0 Å². The first-order valence-electron chi connectivity index (χ1n) is 6.54. The number of nitrogens with zero attached hydrogens (tertiary/aromatic N) is 1. The molecule has 0 atom stereocenters. The molecule has 1 radical (unpaired) electrons. The first kappa shape index (κ1) is 13.8. The number of hydrogen-bond acceptors (Lipinski definition) is 2.